The van der Waals surface area contributed by atoms with Gasteiger partial charge in [-0.2, -0.15) is 0 Å². The van der Waals surface area contributed by atoms with E-state index in [2.05, 4.69) is 47.7 Å². The quantitative estimate of drug-likeness (QED) is 0.0516. The molecule has 0 radical (unpaired) electrons. The fourth-order valence-corrected chi connectivity index (χ4v) is 10.6. The van der Waals surface area contributed by atoms with Crippen LogP contribution in [0.25, 0.3) is 0 Å². The Morgan fingerprint density at radius 2 is 0.569 bits per heavy atom. The molecule has 1 aromatic carbocycles. The van der Waals surface area contributed by atoms with Crippen molar-refractivity contribution in [2.45, 2.75) is 324 Å². The lowest BCUT2D eigenvalue weighted by Gasteiger charge is -2.23. The van der Waals surface area contributed by atoms with Crippen molar-refractivity contribution in [3.63, 3.8) is 0 Å². The lowest BCUT2D eigenvalue weighted by Crippen LogP contribution is -2.37. The van der Waals surface area contributed by atoms with Gasteiger partial charge < -0.3 is 20.0 Å². The van der Waals surface area contributed by atoms with Gasteiger partial charge in [0.05, 0.1) is 5.69 Å². The third kappa shape index (κ3) is 38.3. The molecule has 422 valence electrons. The molecule has 0 fully saturated rings. The average Bonchev–Trinajstić information content (AvgIpc) is 3.38. The summed E-state index contributed by atoms with van der Waals surface area (Å²) in [5.41, 5.74) is 0.363. The van der Waals surface area contributed by atoms with E-state index in [1.54, 1.807) is 6.92 Å². The molecule has 0 aliphatic heterocycles. The molecule has 2 amide bonds. The van der Waals surface area contributed by atoms with Gasteiger partial charge in [-0.25, -0.2) is 0 Å². The van der Waals surface area contributed by atoms with Crippen LogP contribution in [0.4, 0.5) is 5.69 Å². The van der Waals surface area contributed by atoms with Crippen LogP contribution in [-0.4, -0.2) is 78.9 Å². The number of carbonyl (C=O) groups is 2. The van der Waals surface area contributed by atoms with Gasteiger partial charge in [0, 0.05) is 51.1 Å². The molecule has 0 aliphatic carbocycles. The summed E-state index contributed by atoms with van der Waals surface area (Å²) < 4.78 is 0. The summed E-state index contributed by atoms with van der Waals surface area (Å²) in [6.07, 6.45) is 55.4. The number of nitrogens with one attached hydrogen (secondary N) is 1. The standard InChI is InChI=1S/C64H122N4O4/c1-6-10-14-18-22-26-36-44-55-67(56-45-37-27-23-19-15-11-7-2)60(69)49-40-32-30-34-42-52-66(54-48-51-65-62-59(5)63(71)64(62)72)53-43-35-31-33-41-50-61(70)68(57-46-38-28-24-20-16-12-8-3)58-47-39-29-25-21-17-13-9-4/h65H,6-58H2,1-5H3. The minimum atomic E-state index is -0.368. The van der Waals surface area contributed by atoms with Gasteiger partial charge in [0.25, 0.3) is 0 Å². The molecule has 72 heavy (non-hydrogen) atoms. The van der Waals surface area contributed by atoms with Crippen molar-refractivity contribution in [3.05, 3.63) is 26.0 Å². The van der Waals surface area contributed by atoms with Crippen LogP contribution < -0.4 is 16.2 Å². The number of hydrogen-bond donors (Lipinski definition) is 1. The highest BCUT2D eigenvalue weighted by atomic mass is 16.2. The minimum absolute atomic E-state index is 0.349. The Bertz CT molecular complexity index is 1310. The first-order valence-electron chi connectivity index (χ1n) is 32.1. The first-order chi connectivity index (χ1) is 35.3. The van der Waals surface area contributed by atoms with Gasteiger partial charge in [-0.15, -0.1) is 0 Å². The first-order valence-corrected chi connectivity index (χ1v) is 32.1. The molecule has 8 heteroatoms. The SMILES string of the molecule is CCCCCCCCCCN(CCCCCCCCCC)C(=O)CCCCCCCN(CCCCCCCC(=O)N(CCCCCCCCCC)CCCCCCCCCC)CCCNc1c(C)c(=O)c1=O. The van der Waals surface area contributed by atoms with Crippen molar-refractivity contribution in [3.8, 4) is 0 Å². The molecule has 0 aliphatic rings. The van der Waals surface area contributed by atoms with Crippen molar-refractivity contribution in [2.24, 2.45) is 0 Å². The van der Waals surface area contributed by atoms with E-state index in [-0.39, 0.29) is 10.9 Å². The predicted molar refractivity (Wildman–Crippen MR) is 315 cm³/mol. The molecule has 8 nitrogen and oxygen atoms in total. The predicted octanol–water partition coefficient (Wildman–Crippen LogP) is 17.6. The lowest BCUT2D eigenvalue weighted by atomic mass is 10.1. The van der Waals surface area contributed by atoms with E-state index in [1.165, 1.54) is 205 Å². The van der Waals surface area contributed by atoms with E-state index in [0.717, 1.165) is 116 Å². The van der Waals surface area contributed by atoms with Crippen LogP contribution >= 0.6 is 0 Å². The Hall–Kier alpha value is -2.22. The minimum Gasteiger partial charge on any atom is -0.381 e. The van der Waals surface area contributed by atoms with E-state index < -0.39 is 0 Å². The van der Waals surface area contributed by atoms with Crippen LogP contribution in [0.15, 0.2) is 9.59 Å². The van der Waals surface area contributed by atoms with Gasteiger partial charge in [0.15, 0.2) is 0 Å². The van der Waals surface area contributed by atoms with Crippen LogP contribution in [0.1, 0.15) is 322 Å². The van der Waals surface area contributed by atoms with Crippen molar-refractivity contribution in [1.29, 1.82) is 0 Å². The number of carbonyl (C=O) groups excluding carboxylic acids is 2. The second-order valence-electron chi connectivity index (χ2n) is 22.5. The van der Waals surface area contributed by atoms with Gasteiger partial charge in [-0.05, 0) is 84.3 Å². The normalized spacial score (nSPS) is 11.6. The second-order valence-corrected chi connectivity index (χ2v) is 22.5. The van der Waals surface area contributed by atoms with E-state index in [4.69, 9.17) is 0 Å². The van der Waals surface area contributed by atoms with Crippen molar-refractivity contribution < 1.29 is 9.59 Å². The molecular formula is C64H122N4O4. The van der Waals surface area contributed by atoms with E-state index in [1.807, 2.05) is 0 Å². The van der Waals surface area contributed by atoms with Crippen LogP contribution in [0, 0.1) is 6.92 Å². The summed E-state index contributed by atoms with van der Waals surface area (Å²) in [4.78, 5) is 57.8. The van der Waals surface area contributed by atoms with E-state index in [0.29, 0.717) is 42.5 Å². The third-order valence-electron chi connectivity index (χ3n) is 15.7. The molecule has 0 spiro atoms. The maximum atomic E-state index is 13.5. The topological polar surface area (TPSA) is 90.0 Å². The number of anilines is 1. The molecule has 1 N–H and O–H groups in total. The average molecular weight is 1010 g/mol. The number of amides is 2. The molecule has 0 saturated heterocycles. The molecule has 0 atom stereocenters. The van der Waals surface area contributed by atoms with Crippen LogP contribution in [-0.2, 0) is 9.59 Å². The Labute approximate surface area is 447 Å². The van der Waals surface area contributed by atoms with Crippen LogP contribution in [0.2, 0.25) is 0 Å². The fraction of sp³-hybridized carbons (Fsp3) is 0.906. The monoisotopic (exact) mass is 1010 g/mol. The zero-order chi connectivity index (χ0) is 52.4. The number of unbranched alkanes of at least 4 members (excludes halogenated alkanes) is 36. The zero-order valence-corrected chi connectivity index (χ0v) is 49.0. The Morgan fingerprint density at radius 1 is 0.319 bits per heavy atom. The summed E-state index contributed by atoms with van der Waals surface area (Å²) in [6, 6.07) is 0. The summed E-state index contributed by atoms with van der Waals surface area (Å²) in [5, 5.41) is 3.24. The number of hydrogen-bond acceptors (Lipinski definition) is 6. The van der Waals surface area contributed by atoms with Gasteiger partial charge >= 0.3 is 0 Å². The van der Waals surface area contributed by atoms with Crippen molar-refractivity contribution in [1.82, 2.24) is 14.7 Å². The van der Waals surface area contributed by atoms with Gasteiger partial charge in [-0.3, -0.25) is 19.2 Å². The maximum absolute atomic E-state index is 13.5. The molecule has 0 unspecified atom stereocenters. The van der Waals surface area contributed by atoms with E-state index in [9.17, 15) is 19.2 Å². The Balaban J connectivity index is 2.54. The van der Waals surface area contributed by atoms with Gasteiger partial charge in [-0.1, -0.05) is 246 Å². The summed E-state index contributed by atoms with van der Waals surface area (Å²) in [5.74, 6) is 0.771. The highest BCUT2D eigenvalue weighted by Crippen LogP contribution is 2.17. The molecule has 1 aromatic rings. The molecule has 0 bridgehead atoms. The first kappa shape index (κ1) is 67.8. The Morgan fingerprint density at radius 3 is 0.861 bits per heavy atom. The molecule has 0 saturated carbocycles. The summed E-state index contributed by atoms with van der Waals surface area (Å²) in [6.45, 7) is 18.5. The number of rotatable bonds is 57. The zero-order valence-electron chi connectivity index (χ0n) is 49.0. The fourth-order valence-electron chi connectivity index (χ4n) is 10.6. The van der Waals surface area contributed by atoms with Crippen LogP contribution in [0.3, 0.4) is 0 Å². The summed E-state index contributed by atoms with van der Waals surface area (Å²) in [7, 11) is 0. The maximum Gasteiger partial charge on any atom is 0.249 e. The molecule has 0 aromatic heterocycles. The van der Waals surface area contributed by atoms with E-state index >= 15 is 0 Å². The van der Waals surface area contributed by atoms with Crippen molar-refractivity contribution >= 4 is 17.5 Å². The highest BCUT2D eigenvalue weighted by Gasteiger charge is 2.17. The molecular weight excluding hydrogens is 889 g/mol. The smallest absolute Gasteiger partial charge is 0.249 e. The Kier molecular flexibility index (Phi) is 47.9. The van der Waals surface area contributed by atoms with Gasteiger partial charge in [0.1, 0.15) is 0 Å². The largest absolute Gasteiger partial charge is 0.381 e. The van der Waals surface area contributed by atoms with Crippen molar-refractivity contribution in [2.75, 3.05) is 57.7 Å². The lowest BCUT2D eigenvalue weighted by molar-refractivity contribution is -0.132. The second kappa shape index (κ2) is 50.9. The van der Waals surface area contributed by atoms with Crippen LogP contribution in [0.5, 0.6) is 0 Å². The summed E-state index contributed by atoms with van der Waals surface area (Å²) >= 11 is 0. The molecule has 0 heterocycles. The number of nitrogens with zero attached hydrogens (tertiary/aromatic N) is 3. The third-order valence-corrected chi connectivity index (χ3v) is 15.7. The van der Waals surface area contributed by atoms with Gasteiger partial charge in [0.2, 0.25) is 22.7 Å². The molecule has 1 rings (SSSR count). The highest BCUT2D eigenvalue weighted by molar-refractivity contribution is 5.76.